The molecule has 0 radical (unpaired) electrons. The van der Waals surface area contributed by atoms with Gasteiger partial charge in [-0.3, -0.25) is 4.79 Å². The van der Waals surface area contributed by atoms with Gasteiger partial charge in [-0.2, -0.15) is 0 Å². The van der Waals surface area contributed by atoms with E-state index in [4.69, 9.17) is 0 Å². The van der Waals surface area contributed by atoms with Crippen molar-refractivity contribution in [3.05, 3.63) is 42.0 Å². The van der Waals surface area contributed by atoms with Crippen molar-refractivity contribution in [2.75, 3.05) is 53.2 Å². The van der Waals surface area contributed by atoms with E-state index in [1.807, 2.05) is 50.1 Å². The maximum absolute atomic E-state index is 12.8. The highest BCUT2D eigenvalue weighted by atomic mass is 16.3. The minimum absolute atomic E-state index is 0.0551. The second kappa shape index (κ2) is 7.98. The molecule has 25 heavy (non-hydrogen) atoms. The number of likely N-dealkylation sites (N-methyl/N-ethyl adjacent to an activating group) is 2. The lowest BCUT2D eigenvalue weighted by atomic mass is 10.1. The quantitative estimate of drug-likeness (QED) is 0.872. The van der Waals surface area contributed by atoms with Gasteiger partial charge in [0, 0.05) is 39.8 Å². The number of pyridine rings is 1. The topological polar surface area (TPSA) is 59.9 Å². The van der Waals surface area contributed by atoms with Crippen molar-refractivity contribution in [1.29, 1.82) is 0 Å². The molecular weight excluding hydrogens is 316 g/mol. The largest absolute Gasteiger partial charge is 0.508 e. The van der Waals surface area contributed by atoms with Crippen LogP contribution in [0.2, 0.25) is 0 Å². The van der Waals surface area contributed by atoms with Crippen molar-refractivity contribution >= 4 is 11.7 Å². The fourth-order valence-corrected chi connectivity index (χ4v) is 2.44. The lowest BCUT2D eigenvalue weighted by molar-refractivity contribution is 0.0786. The van der Waals surface area contributed by atoms with E-state index in [1.54, 1.807) is 36.2 Å². The summed E-state index contributed by atoms with van der Waals surface area (Å²) >= 11 is 0. The number of benzene rings is 1. The molecule has 0 unspecified atom stereocenters. The smallest absolute Gasteiger partial charge is 0.257 e. The van der Waals surface area contributed by atoms with E-state index < -0.39 is 0 Å². The first-order valence-electron chi connectivity index (χ1n) is 8.17. The molecule has 2 aromatic rings. The Labute approximate surface area is 149 Å². The number of carbonyl (C=O) groups is 1. The Morgan fingerprint density at radius 2 is 1.76 bits per heavy atom. The van der Waals surface area contributed by atoms with Crippen molar-refractivity contribution in [2.45, 2.75) is 0 Å². The van der Waals surface area contributed by atoms with Gasteiger partial charge in [-0.25, -0.2) is 4.98 Å². The molecule has 0 bridgehead atoms. The van der Waals surface area contributed by atoms with E-state index in [-0.39, 0.29) is 11.7 Å². The molecule has 0 aliphatic carbocycles. The summed E-state index contributed by atoms with van der Waals surface area (Å²) in [5.41, 5.74) is 2.09. The maximum atomic E-state index is 12.8. The zero-order valence-electron chi connectivity index (χ0n) is 15.5. The Morgan fingerprint density at radius 1 is 1.04 bits per heavy atom. The summed E-state index contributed by atoms with van der Waals surface area (Å²) in [6.45, 7) is 1.45. The predicted octanol–water partition coefficient (Wildman–Crippen LogP) is 2.15. The van der Waals surface area contributed by atoms with E-state index in [0.29, 0.717) is 23.6 Å². The number of anilines is 1. The molecule has 1 aromatic heterocycles. The van der Waals surface area contributed by atoms with Crippen molar-refractivity contribution in [3.63, 3.8) is 0 Å². The number of rotatable bonds is 6. The number of phenols is 1. The Hall–Kier alpha value is -2.60. The van der Waals surface area contributed by atoms with Gasteiger partial charge in [0.25, 0.3) is 5.91 Å². The number of hydrogen-bond acceptors (Lipinski definition) is 5. The minimum Gasteiger partial charge on any atom is -0.508 e. The van der Waals surface area contributed by atoms with Crippen LogP contribution in [0.4, 0.5) is 5.82 Å². The highest BCUT2D eigenvalue weighted by Gasteiger charge is 2.19. The minimum atomic E-state index is -0.0551. The van der Waals surface area contributed by atoms with Gasteiger partial charge in [-0.15, -0.1) is 0 Å². The molecule has 6 nitrogen and oxygen atoms in total. The van der Waals surface area contributed by atoms with Gasteiger partial charge in [-0.1, -0.05) is 12.1 Å². The third kappa shape index (κ3) is 4.70. The first-order chi connectivity index (χ1) is 11.8. The molecular formula is C19H26N4O2. The number of amides is 1. The van der Waals surface area contributed by atoms with Gasteiger partial charge in [0.05, 0.1) is 11.3 Å². The van der Waals surface area contributed by atoms with Gasteiger partial charge in [0.15, 0.2) is 0 Å². The fourth-order valence-electron chi connectivity index (χ4n) is 2.44. The predicted molar refractivity (Wildman–Crippen MR) is 101 cm³/mol. The van der Waals surface area contributed by atoms with Crippen LogP contribution in [-0.2, 0) is 0 Å². The van der Waals surface area contributed by atoms with Crippen LogP contribution >= 0.6 is 0 Å². The zero-order valence-corrected chi connectivity index (χ0v) is 15.5. The van der Waals surface area contributed by atoms with E-state index in [9.17, 15) is 9.90 Å². The molecule has 134 valence electrons. The van der Waals surface area contributed by atoms with E-state index in [1.165, 1.54) is 0 Å². The Morgan fingerprint density at radius 3 is 2.36 bits per heavy atom. The van der Waals surface area contributed by atoms with Crippen molar-refractivity contribution < 1.29 is 9.90 Å². The first kappa shape index (κ1) is 18.7. The van der Waals surface area contributed by atoms with Crippen molar-refractivity contribution in [2.24, 2.45) is 0 Å². The van der Waals surface area contributed by atoms with Crippen LogP contribution in [0, 0.1) is 0 Å². The molecule has 0 spiro atoms. The number of aromatic nitrogens is 1. The van der Waals surface area contributed by atoms with Gasteiger partial charge in [0.2, 0.25) is 0 Å². The monoisotopic (exact) mass is 342 g/mol. The summed E-state index contributed by atoms with van der Waals surface area (Å²) in [6, 6.07) is 10.5. The molecule has 0 fully saturated rings. The van der Waals surface area contributed by atoms with Gasteiger partial charge < -0.3 is 19.8 Å². The first-order valence-corrected chi connectivity index (χ1v) is 8.17. The van der Waals surface area contributed by atoms with Crippen LogP contribution in [0.3, 0.4) is 0 Å². The van der Waals surface area contributed by atoms with Crippen LogP contribution < -0.4 is 4.90 Å². The molecule has 6 heteroatoms. The van der Waals surface area contributed by atoms with Crippen molar-refractivity contribution in [1.82, 2.24) is 14.8 Å². The molecule has 0 aliphatic heterocycles. The van der Waals surface area contributed by atoms with E-state index in [0.717, 1.165) is 12.1 Å². The van der Waals surface area contributed by atoms with Crippen LogP contribution in [0.25, 0.3) is 11.3 Å². The molecule has 1 heterocycles. The summed E-state index contributed by atoms with van der Waals surface area (Å²) in [6.07, 6.45) is 0. The highest BCUT2D eigenvalue weighted by molar-refractivity contribution is 5.99. The second-order valence-electron chi connectivity index (χ2n) is 6.54. The molecule has 0 aliphatic rings. The molecule has 1 amide bonds. The van der Waals surface area contributed by atoms with E-state index in [2.05, 4.69) is 4.98 Å². The SMILES string of the molecule is CN(C)CCN(C)C(=O)c1ccc(-c2cccc(O)c2)nc1N(C)C. The number of phenolic OH excluding ortho intramolecular Hbond substituents is 1. The number of carbonyl (C=O) groups excluding carboxylic acids is 1. The highest BCUT2D eigenvalue weighted by Crippen LogP contribution is 2.26. The average molecular weight is 342 g/mol. The summed E-state index contributed by atoms with van der Waals surface area (Å²) in [4.78, 5) is 23.0. The maximum Gasteiger partial charge on any atom is 0.257 e. The standard InChI is InChI=1S/C19H26N4O2/c1-21(2)11-12-23(5)19(25)16-9-10-17(20-18(16)22(3)4)14-7-6-8-15(24)13-14/h6-10,13,24H,11-12H2,1-5H3. The van der Waals surface area contributed by atoms with Gasteiger partial charge >= 0.3 is 0 Å². The normalized spacial score (nSPS) is 10.8. The molecule has 0 atom stereocenters. The summed E-state index contributed by atoms with van der Waals surface area (Å²) in [5.74, 6) is 0.748. The molecule has 0 saturated carbocycles. The number of hydrogen-bond donors (Lipinski definition) is 1. The number of nitrogens with zero attached hydrogens (tertiary/aromatic N) is 4. The lowest BCUT2D eigenvalue weighted by Gasteiger charge is -2.23. The molecule has 1 aromatic carbocycles. The summed E-state index contributed by atoms with van der Waals surface area (Å²) in [5, 5.41) is 9.67. The van der Waals surface area contributed by atoms with Crippen LogP contribution in [0.5, 0.6) is 5.75 Å². The van der Waals surface area contributed by atoms with Gasteiger partial charge in [0.1, 0.15) is 11.6 Å². The Bertz CT molecular complexity index is 744. The van der Waals surface area contributed by atoms with E-state index >= 15 is 0 Å². The molecule has 2 rings (SSSR count). The summed E-state index contributed by atoms with van der Waals surface area (Å²) < 4.78 is 0. The molecule has 0 saturated heterocycles. The third-order valence-corrected chi connectivity index (χ3v) is 3.90. The molecule has 1 N–H and O–H groups in total. The lowest BCUT2D eigenvalue weighted by Crippen LogP contribution is -2.34. The third-order valence-electron chi connectivity index (χ3n) is 3.90. The van der Waals surface area contributed by atoms with Crippen LogP contribution in [0.15, 0.2) is 36.4 Å². The van der Waals surface area contributed by atoms with Crippen LogP contribution in [0.1, 0.15) is 10.4 Å². The van der Waals surface area contributed by atoms with Gasteiger partial charge in [-0.05, 0) is 38.4 Å². The second-order valence-corrected chi connectivity index (χ2v) is 6.54. The summed E-state index contributed by atoms with van der Waals surface area (Å²) in [7, 11) is 9.50. The van der Waals surface area contributed by atoms with Crippen LogP contribution in [-0.4, -0.2) is 74.1 Å². The fraction of sp³-hybridized carbons (Fsp3) is 0.368. The number of aromatic hydroxyl groups is 1. The van der Waals surface area contributed by atoms with Crippen molar-refractivity contribution in [3.8, 4) is 17.0 Å². The Balaban J connectivity index is 2.34. The zero-order chi connectivity index (χ0) is 18.6. The Kier molecular flexibility index (Phi) is 5.98. The average Bonchev–Trinajstić information content (AvgIpc) is 2.58.